The van der Waals surface area contributed by atoms with Gasteiger partial charge in [-0.2, -0.15) is 17.0 Å². The highest BCUT2D eigenvalue weighted by molar-refractivity contribution is 7.99. The molecule has 4 heteroatoms. The molecule has 1 atom stereocenters. The summed E-state index contributed by atoms with van der Waals surface area (Å²) in [6, 6.07) is 2.88. The van der Waals surface area contributed by atoms with Gasteiger partial charge in [0.25, 0.3) is 0 Å². The van der Waals surface area contributed by atoms with E-state index in [2.05, 4.69) is 17.9 Å². The van der Waals surface area contributed by atoms with E-state index < -0.39 is 0 Å². The zero-order valence-corrected chi connectivity index (χ0v) is 12.2. The van der Waals surface area contributed by atoms with Gasteiger partial charge in [-0.15, -0.1) is 0 Å². The molecular formula is C14H24N2OS. The van der Waals surface area contributed by atoms with Crippen LogP contribution < -0.4 is 0 Å². The summed E-state index contributed by atoms with van der Waals surface area (Å²) in [6.07, 6.45) is 5.75. The molecular weight excluding hydrogens is 244 g/mol. The lowest BCUT2D eigenvalue weighted by molar-refractivity contribution is -0.109. The predicted molar refractivity (Wildman–Crippen MR) is 75.7 cm³/mol. The van der Waals surface area contributed by atoms with Crippen LogP contribution in [0, 0.1) is 11.3 Å². The number of hydrogen-bond donors (Lipinski definition) is 0. The number of nitriles is 1. The van der Waals surface area contributed by atoms with Crippen molar-refractivity contribution in [1.29, 1.82) is 5.26 Å². The highest BCUT2D eigenvalue weighted by Gasteiger charge is 2.40. The molecule has 0 aromatic carbocycles. The molecule has 0 aliphatic carbocycles. The molecule has 0 saturated carbocycles. The van der Waals surface area contributed by atoms with Crippen molar-refractivity contribution in [2.45, 2.75) is 50.7 Å². The average molecular weight is 268 g/mol. The number of nitrogens with zero attached hydrogens (tertiary/aromatic N) is 2. The van der Waals surface area contributed by atoms with Gasteiger partial charge < -0.3 is 4.74 Å². The van der Waals surface area contributed by atoms with Crippen LogP contribution in [0.15, 0.2) is 0 Å². The van der Waals surface area contributed by atoms with Crippen molar-refractivity contribution >= 4 is 11.8 Å². The normalized spacial score (nSPS) is 27.3. The van der Waals surface area contributed by atoms with Crippen molar-refractivity contribution in [2.24, 2.45) is 0 Å². The SMILES string of the molecule is CCCN(CC#N)C1CCOC2(CCSCC2)C1. The summed E-state index contributed by atoms with van der Waals surface area (Å²) in [5.74, 6) is 2.47. The lowest BCUT2D eigenvalue weighted by Crippen LogP contribution is -2.50. The van der Waals surface area contributed by atoms with E-state index in [0.29, 0.717) is 12.6 Å². The summed E-state index contributed by atoms with van der Waals surface area (Å²) in [5, 5.41) is 8.97. The zero-order valence-electron chi connectivity index (χ0n) is 11.4. The minimum atomic E-state index is 0.135. The Morgan fingerprint density at radius 3 is 2.89 bits per heavy atom. The summed E-state index contributed by atoms with van der Waals surface area (Å²) in [4.78, 5) is 2.37. The molecule has 2 heterocycles. The standard InChI is InChI=1S/C14H24N2OS/c1-2-7-16(8-6-15)13-3-9-17-14(12-13)4-10-18-11-5-14/h13H,2-5,7-12H2,1H3. The summed E-state index contributed by atoms with van der Waals surface area (Å²) < 4.78 is 6.12. The number of ether oxygens (including phenoxy) is 1. The molecule has 3 nitrogen and oxygen atoms in total. The molecule has 18 heavy (non-hydrogen) atoms. The summed E-state index contributed by atoms with van der Waals surface area (Å²) in [6.45, 7) is 4.68. The van der Waals surface area contributed by atoms with Gasteiger partial charge in [-0.25, -0.2) is 0 Å². The monoisotopic (exact) mass is 268 g/mol. The van der Waals surface area contributed by atoms with E-state index in [1.807, 2.05) is 11.8 Å². The predicted octanol–water partition coefficient (Wildman–Crippen LogP) is 2.67. The van der Waals surface area contributed by atoms with Gasteiger partial charge in [0.2, 0.25) is 0 Å². The Labute approximate surface area is 115 Å². The minimum Gasteiger partial charge on any atom is -0.375 e. The van der Waals surface area contributed by atoms with Gasteiger partial charge in [0.05, 0.1) is 18.2 Å². The van der Waals surface area contributed by atoms with E-state index in [1.54, 1.807) is 0 Å². The van der Waals surface area contributed by atoms with Gasteiger partial charge in [-0.1, -0.05) is 6.92 Å². The zero-order chi connectivity index (χ0) is 12.8. The fourth-order valence-corrected chi connectivity index (χ4v) is 4.41. The third-order valence-corrected chi connectivity index (χ3v) is 5.16. The Hall–Kier alpha value is -0.240. The summed E-state index contributed by atoms with van der Waals surface area (Å²) >= 11 is 2.05. The van der Waals surface area contributed by atoms with E-state index >= 15 is 0 Å². The largest absolute Gasteiger partial charge is 0.375 e. The number of thioether (sulfide) groups is 1. The molecule has 0 N–H and O–H groups in total. The van der Waals surface area contributed by atoms with E-state index in [9.17, 15) is 0 Å². The van der Waals surface area contributed by atoms with Crippen LogP contribution in [-0.2, 0) is 4.74 Å². The van der Waals surface area contributed by atoms with E-state index in [1.165, 1.54) is 24.3 Å². The Balaban J connectivity index is 1.97. The van der Waals surface area contributed by atoms with Crippen LogP contribution in [0.1, 0.15) is 39.0 Å². The second-order valence-electron chi connectivity index (χ2n) is 5.42. The van der Waals surface area contributed by atoms with Crippen LogP contribution in [0.2, 0.25) is 0 Å². The average Bonchev–Trinajstić information content (AvgIpc) is 2.39. The molecule has 0 bridgehead atoms. The van der Waals surface area contributed by atoms with Crippen LogP contribution >= 0.6 is 11.8 Å². The Bertz CT molecular complexity index is 291. The molecule has 1 spiro atoms. The Morgan fingerprint density at radius 2 is 2.22 bits per heavy atom. The van der Waals surface area contributed by atoms with Crippen molar-refractivity contribution < 1.29 is 4.74 Å². The maximum atomic E-state index is 8.97. The van der Waals surface area contributed by atoms with Crippen LogP contribution in [0.25, 0.3) is 0 Å². The van der Waals surface area contributed by atoms with Crippen LogP contribution in [0.5, 0.6) is 0 Å². The summed E-state index contributed by atoms with van der Waals surface area (Å²) in [5.41, 5.74) is 0.135. The smallest absolute Gasteiger partial charge is 0.0868 e. The van der Waals surface area contributed by atoms with Crippen molar-refractivity contribution in [3.05, 3.63) is 0 Å². The van der Waals surface area contributed by atoms with Crippen molar-refractivity contribution in [2.75, 3.05) is 31.2 Å². The quantitative estimate of drug-likeness (QED) is 0.735. The lowest BCUT2D eigenvalue weighted by Gasteiger charge is -2.46. The molecule has 0 radical (unpaired) electrons. The molecule has 0 aromatic heterocycles. The molecule has 0 amide bonds. The van der Waals surface area contributed by atoms with Crippen molar-refractivity contribution in [1.82, 2.24) is 4.90 Å². The van der Waals surface area contributed by atoms with Crippen molar-refractivity contribution in [3.63, 3.8) is 0 Å². The van der Waals surface area contributed by atoms with Gasteiger partial charge in [0.1, 0.15) is 0 Å². The molecule has 1 unspecified atom stereocenters. The molecule has 2 aliphatic heterocycles. The summed E-state index contributed by atoms with van der Waals surface area (Å²) in [7, 11) is 0. The van der Waals surface area contributed by atoms with Gasteiger partial charge >= 0.3 is 0 Å². The number of hydrogen-bond acceptors (Lipinski definition) is 4. The maximum absolute atomic E-state index is 8.97. The van der Waals surface area contributed by atoms with Gasteiger partial charge in [-0.3, -0.25) is 4.90 Å². The van der Waals surface area contributed by atoms with Crippen LogP contribution in [0.4, 0.5) is 0 Å². The van der Waals surface area contributed by atoms with Crippen molar-refractivity contribution in [3.8, 4) is 6.07 Å². The second-order valence-corrected chi connectivity index (χ2v) is 6.64. The van der Waals surface area contributed by atoms with Gasteiger partial charge in [-0.05, 0) is 50.2 Å². The first-order chi connectivity index (χ1) is 8.79. The Kier molecular flexibility index (Phi) is 5.35. The van der Waals surface area contributed by atoms with E-state index in [0.717, 1.165) is 32.4 Å². The highest BCUT2D eigenvalue weighted by Crippen LogP contribution is 2.38. The third-order valence-electron chi connectivity index (χ3n) is 4.17. The Morgan fingerprint density at radius 1 is 1.44 bits per heavy atom. The molecule has 0 aromatic rings. The first-order valence-corrected chi connectivity index (χ1v) is 8.28. The topological polar surface area (TPSA) is 36.3 Å². The third kappa shape index (κ3) is 3.40. The van der Waals surface area contributed by atoms with Gasteiger partial charge in [0.15, 0.2) is 0 Å². The molecule has 2 fully saturated rings. The highest BCUT2D eigenvalue weighted by atomic mass is 32.2. The molecule has 2 saturated heterocycles. The first kappa shape index (κ1) is 14.2. The van der Waals surface area contributed by atoms with Gasteiger partial charge in [0, 0.05) is 12.6 Å². The molecule has 2 rings (SSSR count). The minimum absolute atomic E-state index is 0.135. The molecule has 2 aliphatic rings. The number of rotatable bonds is 4. The first-order valence-electron chi connectivity index (χ1n) is 7.12. The fraction of sp³-hybridized carbons (Fsp3) is 0.929. The van der Waals surface area contributed by atoms with E-state index in [-0.39, 0.29) is 5.60 Å². The fourth-order valence-electron chi connectivity index (χ4n) is 3.17. The molecule has 102 valence electrons. The lowest BCUT2D eigenvalue weighted by atomic mass is 9.85. The van der Waals surface area contributed by atoms with Crippen LogP contribution in [-0.4, -0.2) is 47.7 Å². The maximum Gasteiger partial charge on any atom is 0.0868 e. The second kappa shape index (κ2) is 6.79. The van der Waals surface area contributed by atoms with Crippen LogP contribution in [0.3, 0.4) is 0 Å². The van der Waals surface area contributed by atoms with E-state index in [4.69, 9.17) is 10.00 Å².